The minimum absolute atomic E-state index is 0.440. The average Bonchev–Trinajstić information content (AvgIpc) is 3.06. The molecule has 0 aliphatic heterocycles. The summed E-state index contributed by atoms with van der Waals surface area (Å²) in [5, 5.41) is 7.83. The third kappa shape index (κ3) is 2.36. The summed E-state index contributed by atoms with van der Waals surface area (Å²) in [6, 6.07) is 9.72. The van der Waals surface area contributed by atoms with E-state index in [1.807, 2.05) is 0 Å². The van der Waals surface area contributed by atoms with E-state index in [0.29, 0.717) is 6.04 Å². The summed E-state index contributed by atoms with van der Waals surface area (Å²) in [6.07, 6.45) is 4.96. The molecule has 1 nitrogen and oxygen atoms in total. The number of aryl methyl sites for hydroxylation is 2. The van der Waals surface area contributed by atoms with E-state index >= 15 is 0 Å². The Balaban J connectivity index is 1.79. The highest BCUT2D eigenvalue weighted by atomic mass is 32.1. The molecule has 1 N–H and O–H groups in total. The van der Waals surface area contributed by atoms with E-state index < -0.39 is 0 Å². The lowest BCUT2D eigenvalue weighted by Crippen LogP contribution is -2.18. The highest BCUT2D eigenvalue weighted by Gasteiger charge is 2.14. The average molecular weight is 257 g/mol. The molecule has 0 bridgehead atoms. The fourth-order valence-electron chi connectivity index (χ4n) is 2.85. The topological polar surface area (TPSA) is 12.0 Å². The Morgan fingerprint density at radius 2 is 2.11 bits per heavy atom. The van der Waals surface area contributed by atoms with Crippen molar-refractivity contribution >= 4 is 11.3 Å². The third-order valence-electron chi connectivity index (χ3n) is 3.90. The van der Waals surface area contributed by atoms with Gasteiger partial charge in [-0.15, -0.1) is 0 Å². The van der Waals surface area contributed by atoms with E-state index in [-0.39, 0.29) is 0 Å². The van der Waals surface area contributed by atoms with Crippen molar-refractivity contribution in [2.24, 2.45) is 0 Å². The summed E-state index contributed by atoms with van der Waals surface area (Å²) in [5.74, 6) is 0. The molecule has 1 atom stereocenters. The molecule has 1 aliphatic rings. The Hall–Kier alpha value is -1.12. The number of benzene rings is 1. The fraction of sp³-hybridized carbons (Fsp3) is 0.375. The van der Waals surface area contributed by atoms with Crippen LogP contribution in [0.3, 0.4) is 0 Å². The van der Waals surface area contributed by atoms with Gasteiger partial charge >= 0.3 is 0 Å². The first-order chi connectivity index (χ1) is 8.86. The van der Waals surface area contributed by atoms with Crippen LogP contribution in [0.4, 0.5) is 0 Å². The summed E-state index contributed by atoms with van der Waals surface area (Å²) in [6.45, 7) is 0. The van der Waals surface area contributed by atoms with Crippen molar-refractivity contribution < 1.29 is 0 Å². The standard InChI is InChI=1S/C16H19NS/c1-17-16(15-7-8-18-11-15)10-12-5-6-13-3-2-4-14(13)9-12/h5-9,11,16-17H,2-4,10H2,1H3. The van der Waals surface area contributed by atoms with Gasteiger partial charge in [-0.05, 0) is 71.8 Å². The second-order valence-electron chi connectivity index (χ2n) is 5.06. The van der Waals surface area contributed by atoms with Crippen LogP contribution < -0.4 is 5.32 Å². The first kappa shape index (κ1) is 11.9. The van der Waals surface area contributed by atoms with Crippen molar-refractivity contribution in [2.45, 2.75) is 31.7 Å². The molecule has 0 fully saturated rings. The molecule has 2 aromatic rings. The summed E-state index contributed by atoms with van der Waals surface area (Å²) in [7, 11) is 2.05. The van der Waals surface area contributed by atoms with Crippen LogP contribution in [0.15, 0.2) is 35.0 Å². The van der Waals surface area contributed by atoms with Crippen molar-refractivity contribution in [3.8, 4) is 0 Å². The molecule has 1 aromatic carbocycles. The zero-order chi connectivity index (χ0) is 12.4. The van der Waals surface area contributed by atoms with Gasteiger partial charge in [-0.1, -0.05) is 18.2 Å². The second-order valence-corrected chi connectivity index (χ2v) is 5.84. The Morgan fingerprint density at radius 3 is 2.89 bits per heavy atom. The zero-order valence-electron chi connectivity index (χ0n) is 10.8. The minimum Gasteiger partial charge on any atom is -0.313 e. The van der Waals surface area contributed by atoms with E-state index in [2.05, 4.69) is 47.4 Å². The molecule has 2 heteroatoms. The van der Waals surface area contributed by atoms with Crippen LogP contribution >= 0.6 is 11.3 Å². The van der Waals surface area contributed by atoms with Gasteiger partial charge in [0.15, 0.2) is 0 Å². The van der Waals surface area contributed by atoms with Crippen molar-refractivity contribution in [2.75, 3.05) is 7.05 Å². The smallest absolute Gasteiger partial charge is 0.0366 e. The number of nitrogens with one attached hydrogen (secondary N) is 1. The Morgan fingerprint density at radius 1 is 1.22 bits per heavy atom. The number of rotatable bonds is 4. The van der Waals surface area contributed by atoms with Crippen LogP contribution in [0.2, 0.25) is 0 Å². The Kier molecular flexibility index (Phi) is 3.48. The summed E-state index contributed by atoms with van der Waals surface area (Å²) >= 11 is 1.77. The second kappa shape index (κ2) is 5.25. The summed E-state index contributed by atoms with van der Waals surface area (Å²) in [4.78, 5) is 0. The van der Waals surface area contributed by atoms with Gasteiger partial charge in [0.2, 0.25) is 0 Å². The van der Waals surface area contributed by atoms with Crippen LogP contribution in [0.5, 0.6) is 0 Å². The van der Waals surface area contributed by atoms with Crippen molar-refractivity contribution in [3.63, 3.8) is 0 Å². The van der Waals surface area contributed by atoms with Crippen molar-refractivity contribution in [1.29, 1.82) is 0 Å². The molecule has 0 saturated carbocycles. The zero-order valence-corrected chi connectivity index (χ0v) is 11.6. The SMILES string of the molecule is CNC(Cc1ccc2c(c1)CCC2)c1ccsc1. The van der Waals surface area contributed by atoms with Crippen LogP contribution in [0, 0.1) is 0 Å². The first-order valence-electron chi connectivity index (χ1n) is 6.67. The quantitative estimate of drug-likeness (QED) is 0.880. The number of thiophene rings is 1. The summed E-state index contributed by atoms with van der Waals surface area (Å²) in [5.41, 5.74) is 6.01. The largest absolute Gasteiger partial charge is 0.313 e. The molecule has 0 saturated heterocycles. The lowest BCUT2D eigenvalue weighted by atomic mass is 9.98. The predicted molar refractivity (Wildman–Crippen MR) is 78.3 cm³/mol. The lowest BCUT2D eigenvalue weighted by Gasteiger charge is -2.15. The molecule has 0 amide bonds. The normalized spacial score (nSPS) is 15.6. The van der Waals surface area contributed by atoms with Crippen LogP contribution in [-0.4, -0.2) is 7.05 Å². The monoisotopic (exact) mass is 257 g/mol. The van der Waals surface area contributed by atoms with E-state index in [9.17, 15) is 0 Å². The number of fused-ring (bicyclic) bond motifs is 1. The van der Waals surface area contributed by atoms with Crippen LogP contribution in [-0.2, 0) is 19.3 Å². The molecule has 18 heavy (non-hydrogen) atoms. The molecule has 94 valence electrons. The van der Waals surface area contributed by atoms with E-state index in [4.69, 9.17) is 0 Å². The third-order valence-corrected chi connectivity index (χ3v) is 4.60. The highest BCUT2D eigenvalue weighted by Crippen LogP contribution is 2.26. The Bertz CT molecular complexity index is 516. The van der Waals surface area contributed by atoms with Gasteiger partial charge in [0.25, 0.3) is 0 Å². The molecule has 1 unspecified atom stereocenters. The van der Waals surface area contributed by atoms with E-state index in [1.165, 1.54) is 30.4 Å². The van der Waals surface area contributed by atoms with Gasteiger partial charge < -0.3 is 5.32 Å². The van der Waals surface area contributed by atoms with E-state index in [0.717, 1.165) is 6.42 Å². The molecule has 1 aromatic heterocycles. The van der Waals surface area contributed by atoms with Gasteiger partial charge in [-0.2, -0.15) is 11.3 Å². The summed E-state index contributed by atoms with van der Waals surface area (Å²) < 4.78 is 0. The molecule has 0 spiro atoms. The first-order valence-corrected chi connectivity index (χ1v) is 7.61. The van der Waals surface area contributed by atoms with Gasteiger partial charge in [0.05, 0.1) is 0 Å². The van der Waals surface area contributed by atoms with Crippen molar-refractivity contribution in [3.05, 3.63) is 57.3 Å². The number of hydrogen-bond donors (Lipinski definition) is 1. The fourth-order valence-corrected chi connectivity index (χ4v) is 3.56. The van der Waals surface area contributed by atoms with Gasteiger partial charge in [-0.3, -0.25) is 0 Å². The lowest BCUT2D eigenvalue weighted by molar-refractivity contribution is 0.593. The van der Waals surface area contributed by atoms with Crippen LogP contribution in [0.1, 0.15) is 34.7 Å². The maximum absolute atomic E-state index is 3.43. The maximum atomic E-state index is 3.43. The molecular formula is C16H19NS. The van der Waals surface area contributed by atoms with Crippen molar-refractivity contribution in [1.82, 2.24) is 5.32 Å². The molecule has 1 heterocycles. The number of hydrogen-bond acceptors (Lipinski definition) is 2. The molecule has 3 rings (SSSR count). The minimum atomic E-state index is 0.440. The van der Waals surface area contributed by atoms with Gasteiger partial charge in [0, 0.05) is 6.04 Å². The highest BCUT2D eigenvalue weighted by molar-refractivity contribution is 7.07. The molecular weight excluding hydrogens is 238 g/mol. The number of likely N-dealkylation sites (N-methyl/N-ethyl adjacent to an activating group) is 1. The molecule has 0 radical (unpaired) electrons. The maximum Gasteiger partial charge on any atom is 0.0366 e. The molecule has 1 aliphatic carbocycles. The van der Waals surface area contributed by atoms with Gasteiger partial charge in [0.1, 0.15) is 0 Å². The van der Waals surface area contributed by atoms with Crippen LogP contribution in [0.25, 0.3) is 0 Å². The van der Waals surface area contributed by atoms with Gasteiger partial charge in [-0.25, -0.2) is 0 Å². The van der Waals surface area contributed by atoms with E-state index in [1.54, 1.807) is 22.5 Å². The Labute approximate surface area is 113 Å². The predicted octanol–water partition coefficient (Wildman–Crippen LogP) is 3.74.